The third-order valence-corrected chi connectivity index (χ3v) is 5.87. The lowest BCUT2D eigenvalue weighted by atomic mass is 9.83. The second-order valence-electron chi connectivity index (χ2n) is 5.20. The monoisotopic (exact) mass is 480 g/mol. The van der Waals surface area contributed by atoms with E-state index in [9.17, 15) is 18.0 Å². The zero-order valence-corrected chi connectivity index (χ0v) is 17.3. The van der Waals surface area contributed by atoms with Crippen molar-refractivity contribution >= 4 is 44.4 Å². The first-order chi connectivity index (χ1) is 11.7. The Hall–Kier alpha value is -1.42. The third kappa shape index (κ3) is 5.04. The highest BCUT2D eigenvalue weighted by atomic mass is 127. The SMILES string of the molecule is CCOC(=O)C(C)(C(=O)OCC)/C(=C/S(=O)(=O)c1ccccc1)CI. The molecule has 0 aliphatic carbocycles. The second-order valence-corrected chi connectivity index (χ2v) is 7.76. The van der Waals surface area contributed by atoms with Crippen molar-refractivity contribution in [2.24, 2.45) is 5.41 Å². The summed E-state index contributed by atoms with van der Waals surface area (Å²) >= 11 is 1.91. The number of benzene rings is 1. The molecule has 0 N–H and O–H groups in total. The van der Waals surface area contributed by atoms with Crippen LogP contribution in [0.5, 0.6) is 0 Å². The molecule has 0 spiro atoms. The Balaban J connectivity index is 3.48. The Morgan fingerprint density at radius 1 is 1.08 bits per heavy atom. The minimum absolute atomic E-state index is 0.0633. The molecule has 6 nitrogen and oxygen atoms in total. The molecule has 0 fully saturated rings. The molecule has 0 bridgehead atoms. The molecule has 1 aromatic rings. The van der Waals surface area contributed by atoms with E-state index < -0.39 is 27.2 Å². The number of rotatable bonds is 8. The van der Waals surface area contributed by atoms with Crippen LogP contribution >= 0.6 is 22.6 Å². The van der Waals surface area contributed by atoms with Gasteiger partial charge in [-0.2, -0.15) is 0 Å². The van der Waals surface area contributed by atoms with Crippen molar-refractivity contribution in [3.05, 3.63) is 41.3 Å². The summed E-state index contributed by atoms with van der Waals surface area (Å²) < 4.78 is 35.4. The minimum atomic E-state index is -3.83. The highest BCUT2D eigenvalue weighted by molar-refractivity contribution is 14.1. The van der Waals surface area contributed by atoms with Crippen LogP contribution in [0.3, 0.4) is 0 Å². The summed E-state index contributed by atoms with van der Waals surface area (Å²) in [4.78, 5) is 25.0. The minimum Gasteiger partial charge on any atom is -0.465 e. The van der Waals surface area contributed by atoms with Crippen LogP contribution < -0.4 is 0 Å². The van der Waals surface area contributed by atoms with Gasteiger partial charge in [-0.25, -0.2) is 8.42 Å². The average Bonchev–Trinajstić information content (AvgIpc) is 2.60. The zero-order valence-electron chi connectivity index (χ0n) is 14.3. The van der Waals surface area contributed by atoms with Gasteiger partial charge in [0.2, 0.25) is 0 Å². The molecular weight excluding hydrogens is 459 g/mol. The Bertz CT molecular complexity index is 722. The number of carbonyl (C=O) groups excluding carboxylic acids is 2. The molecule has 0 aliphatic heterocycles. The van der Waals surface area contributed by atoms with Crippen LogP contribution in [-0.2, 0) is 28.9 Å². The van der Waals surface area contributed by atoms with Crippen molar-refractivity contribution < 1.29 is 27.5 Å². The van der Waals surface area contributed by atoms with Crippen LogP contribution in [0.1, 0.15) is 20.8 Å². The van der Waals surface area contributed by atoms with Crippen molar-refractivity contribution in [1.82, 2.24) is 0 Å². The predicted molar refractivity (Wildman–Crippen MR) is 102 cm³/mol. The molecule has 0 aromatic heterocycles. The molecule has 25 heavy (non-hydrogen) atoms. The number of hydrogen-bond acceptors (Lipinski definition) is 6. The number of ether oxygens (including phenoxy) is 2. The summed E-state index contributed by atoms with van der Waals surface area (Å²) in [7, 11) is -3.83. The third-order valence-electron chi connectivity index (χ3n) is 3.52. The Labute approximate surface area is 161 Å². The van der Waals surface area contributed by atoms with Gasteiger partial charge in [-0.05, 0) is 38.5 Å². The highest BCUT2D eigenvalue weighted by Crippen LogP contribution is 2.33. The topological polar surface area (TPSA) is 86.7 Å². The molecule has 1 rings (SSSR count). The number of sulfone groups is 1. The van der Waals surface area contributed by atoms with Gasteiger partial charge in [-0.15, -0.1) is 0 Å². The van der Waals surface area contributed by atoms with Gasteiger partial charge >= 0.3 is 11.9 Å². The van der Waals surface area contributed by atoms with Gasteiger partial charge < -0.3 is 9.47 Å². The lowest BCUT2D eigenvalue weighted by Gasteiger charge is -2.27. The van der Waals surface area contributed by atoms with E-state index in [1.807, 2.05) is 22.6 Å². The number of esters is 2. The van der Waals surface area contributed by atoms with Crippen molar-refractivity contribution in [1.29, 1.82) is 0 Å². The molecule has 0 radical (unpaired) electrons. The largest absolute Gasteiger partial charge is 0.465 e. The van der Waals surface area contributed by atoms with Crippen molar-refractivity contribution in [3.8, 4) is 0 Å². The van der Waals surface area contributed by atoms with E-state index in [2.05, 4.69) is 0 Å². The summed E-state index contributed by atoms with van der Waals surface area (Å²) in [5.74, 6) is -1.67. The van der Waals surface area contributed by atoms with E-state index in [0.717, 1.165) is 5.41 Å². The molecule has 8 heteroatoms. The quantitative estimate of drug-likeness (QED) is 0.246. The molecule has 1 aromatic carbocycles. The first kappa shape index (κ1) is 21.6. The first-order valence-corrected chi connectivity index (χ1v) is 10.7. The molecule has 0 amide bonds. The van der Waals surface area contributed by atoms with Crippen molar-refractivity contribution in [3.63, 3.8) is 0 Å². The molecule has 0 unspecified atom stereocenters. The van der Waals surface area contributed by atoms with Gasteiger partial charge in [0.05, 0.1) is 18.1 Å². The molecule has 0 atom stereocenters. The summed E-state index contributed by atoms with van der Waals surface area (Å²) in [6.45, 7) is 4.67. The molecule has 0 saturated heterocycles. The fourth-order valence-corrected chi connectivity index (χ4v) is 4.69. The lowest BCUT2D eigenvalue weighted by Crippen LogP contribution is -2.42. The van der Waals surface area contributed by atoms with Gasteiger partial charge in [-0.1, -0.05) is 40.8 Å². The van der Waals surface area contributed by atoms with Gasteiger partial charge in [0.25, 0.3) is 0 Å². The van der Waals surface area contributed by atoms with Crippen LogP contribution in [0.4, 0.5) is 0 Å². The van der Waals surface area contributed by atoms with Gasteiger partial charge in [0.15, 0.2) is 15.3 Å². The smallest absolute Gasteiger partial charge is 0.327 e. The normalized spacial score (nSPS) is 12.6. The molecule has 0 aliphatic rings. The van der Waals surface area contributed by atoms with Crippen LogP contribution in [0, 0.1) is 5.41 Å². The summed E-state index contributed by atoms with van der Waals surface area (Å²) in [6, 6.07) is 7.79. The number of hydrogen-bond donors (Lipinski definition) is 0. The fraction of sp³-hybridized carbons (Fsp3) is 0.412. The van der Waals surface area contributed by atoms with Gasteiger partial charge in [-0.3, -0.25) is 9.59 Å². The van der Waals surface area contributed by atoms with Crippen molar-refractivity contribution in [2.75, 3.05) is 17.6 Å². The number of halogens is 1. The van der Waals surface area contributed by atoms with Gasteiger partial charge in [0, 0.05) is 9.84 Å². The van der Waals surface area contributed by atoms with Crippen molar-refractivity contribution in [2.45, 2.75) is 25.7 Å². The van der Waals surface area contributed by atoms with Crippen LogP contribution in [0.2, 0.25) is 0 Å². The standard InChI is InChI=1S/C17H21IO6S/c1-4-23-15(19)17(3,16(20)24-5-2)13(11-18)12-25(21,22)14-9-7-6-8-10-14/h6-10,12H,4-5,11H2,1-3H3/b13-12+. The molecule has 138 valence electrons. The Kier molecular flexibility index (Phi) is 8.07. The fourth-order valence-electron chi connectivity index (χ4n) is 2.04. The number of alkyl halides is 1. The van der Waals surface area contributed by atoms with E-state index in [-0.39, 0.29) is 28.1 Å². The Morgan fingerprint density at radius 3 is 1.96 bits per heavy atom. The van der Waals surface area contributed by atoms with E-state index >= 15 is 0 Å². The first-order valence-electron chi connectivity index (χ1n) is 7.65. The molecule has 0 heterocycles. The molecular formula is C17H21IO6S. The second kappa shape index (κ2) is 9.33. The maximum Gasteiger partial charge on any atom is 0.327 e. The van der Waals surface area contributed by atoms with Crippen LogP contribution in [0.15, 0.2) is 46.2 Å². The van der Waals surface area contributed by atoms with Gasteiger partial charge in [0.1, 0.15) is 0 Å². The maximum atomic E-state index is 12.6. The molecule has 0 saturated carbocycles. The van der Waals surface area contributed by atoms with Crippen LogP contribution in [-0.4, -0.2) is 38.0 Å². The van der Waals surface area contributed by atoms with Crippen LogP contribution in [0.25, 0.3) is 0 Å². The van der Waals surface area contributed by atoms with E-state index in [0.29, 0.717) is 0 Å². The summed E-state index contributed by atoms with van der Waals surface area (Å²) in [5, 5.41) is 0.961. The Morgan fingerprint density at radius 2 is 1.56 bits per heavy atom. The van der Waals surface area contributed by atoms with E-state index in [1.165, 1.54) is 19.1 Å². The number of carbonyl (C=O) groups is 2. The van der Waals surface area contributed by atoms with E-state index in [4.69, 9.17) is 9.47 Å². The predicted octanol–water partition coefficient (Wildman–Crippen LogP) is 2.91. The maximum absolute atomic E-state index is 12.6. The summed E-state index contributed by atoms with van der Waals surface area (Å²) in [6.07, 6.45) is 0. The zero-order chi connectivity index (χ0) is 19.1. The lowest BCUT2D eigenvalue weighted by molar-refractivity contribution is -0.167. The average molecular weight is 480 g/mol. The highest BCUT2D eigenvalue weighted by Gasteiger charge is 2.48. The summed E-state index contributed by atoms with van der Waals surface area (Å²) in [5.41, 5.74) is -1.72. The van der Waals surface area contributed by atoms with E-state index in [1.54, 1.807) is 32.0 Å².